The van der Waals surface area contributed by atoms with E-state index < -0.39 is 10.2 Å². The SMILES string of the molecule is CN(C)S(=O)(=O)N1CCCC(c2ccc(Br)cn2)C1. The van der Waals surface area contributed by atoms with Gasteiger partial charge in [-0.1, -0.05) is 0 Å². The molecule has 1 aromatic heterocycles. The van der Waals surface area contributed by atoms with E-state index in [9.17, 15) is 8.42 Å². The third-order valence-electron chi connectivity index (χ3n) is 3.34. The average Bonchev–Trinajstić information content (AvgIpc) is 2.39. The molecule has 0 saturated carbocycles. The van der Waals surface area contributed by atoms with E-state index in [-0.39, 0.29) is 5.92 Å². The molecule has 7 heteroatoms. The minimum atomic E-state index is -3.32. The van der Waals surface area contributed by atoms with Gasteiger partial charge in [0, 0.05) is 49.5 Å². The lowest BCUT2D eigenvalue weighted by Crippen LogP contribution is -2.45. The molecule has 0 radical (unpaired) electrons. The first-order chi connectivity index (χ1) is 8.91. The van der Waals surface area contributed by atoms with Gasteiger partial charge < -0.3 is 0 Å². The number of piperidine rings is 1. The van der Waals surface area contributed by atoms with Gasteiger partial charge in [-0.3, -0.25) is 4.98 Å². The quantitative estimate of drug-likeness (QED) is 0.838. The Morgan fingerprint density at radius 2 is 2.16 bits per heavy atom. The van der Waals surface area contributed by atoms with Gasteiger partial charge in [0.1, 0.15) is 0 Å². The summed E-state index contributed by atoms with van der Waals surface area (Å²) in [7, 11) is -0.187. The molecule has 1 unspecified atom stereocenters. The number of halogens is 1. The number of pyridine rings is 1. The second-order valence-electron chi connectivity index (χ2n) is 4.89. The van der Waals surface area contributed by atoms with Crippen molar-refractivity contribution < 1.29 is 8.42 Å². The van der Waals surface area contributed by atoms with E-state index in [0.717, 1.165) is 23.0 Å². The molecule has 1 fully saturated rings. The van der Waals surface area contributed by atoms with Crippen molar-refractivity contribution in [1.82, 2.24) is 13.6 Å². The van der Waals surface area contributed by atoms with Gasteiger partial charge in [0.25, 0.3) is 10.2 Å². The van der Waals surface area contributed by atoms with Gasteiger partial charge in [0.15, 0.2) is 0 Å². The van der Waals surface area contributed by atoms with Crippen LogP contribution >= 0.6 is 15.9 Å². The molecule has 1 saturated heterocycles. The standard InChI is InChI=1S/C12H18BrN3O2S/c1-15(2)19(17,18)16-7-3-4-10(9-16)12-6-5-11(13)8-14-12/h5-6,8,10H,3-4,7,9H2,1-2H3. The van der Waals surface area contributed by atoms with Gasteiger partial charge in [-0.2, -0.15) is 17.0 Å². The molecule has 1 aliphatic heterocycles. The van der Waals surface area contributed by atoms with E-state index in [1.54, 1.807) is 24.6 Å². The summed E-state index contributed by atoms with van der Waals surface area (Å²) in [6.07, 6.45) is 3.61. The number of hydrogen-bond donors (Lipinski definition) is 0. The molecule has 2 heterocycles. The van der Waals surface area contributed by atoms with Crippen LogP contribution in [0.2, 0.25) is 0 Å². The van der Waals surface area contributed by atoms with Gasteiger partial charge in [0.05, 0.1) is 0 Å². The Balaban J connectivity index is 2.16. The maximum absolute atomic E-state index is 12.1. The minimum absolute atomic E-state index is 0.177. The zero-order valence-electron chi connectivity index (χ0n) is 11.1. The van der Waals surface area contributed by atoms with Crippen molar-refractivity contribution in [3.63, 3.8) is 0 Å². The molecule has 1 atom stereocenters. The summed E-state index contributed by atoms with van der Waals surface area (Å²) in [5.41, 5.74) is 0.960. The Bertz CT molecular complexity index is 530. The van der Waals surface area contributed by atoms with Crippen molar-refractivity contribution in [1.29, 1.82) is 0 Å². The zero-order valence-corrected chi connectivity index (χ0v) is 13.5. The molecule has 1 aromatic rings. The average molecular weight is 348 g/mol. The van der Waals surface area contributed by atoms with Crippen LogP contribution in [0.25, 0.3) is 0 Å². The lowest BCUT2D eigenvalue weighted by molar-refractivity contribution is 0.296. The highest BCUT2D eigenvalue weighted by atomic mass is 79.9. The van der Waals surface area contributed by atoms with Crippen molar-refractivity contribution in [2.24, 2.45) is 0 Å². The normalized spacial score (nSPS) is 21.8. The largest absolute Gasteiger partial charge is 0.281 e. The lowest BCUT2D eigenvalue weighted by atomic mass is 9.96. The van der Waals surface area contributed by atoms with Gasteiger partial charge >= 0.3 is 0 Å². The molecule has 0 bridgehead atoms. The molecular weight excluding hydrogens is 330 g/mol. The van der Waals surface area contributed by atoms with Crippen LogP contribution in [0.5, 0.6) is 0 Å². The van der Waals surface area contributed by atoms with E-state index in [1.807, 2.05) is 12.1 Å². The monoisotopic (exact) mass is 347 g/mol. The van der Waals surface area contributed by atoms with Crippen LogP contribution in [0.15, 0.2) is 22.8 Å². The van der Waals surface area contributed by atoms with Gasteiger partial charge in [0.2, 0.25) is 0 Å². The van der Waals surface area contributed by atoms with Gasteiger partial charge in [-0.05, 0) is 40.9 Å². The third kappa shape index (κ3) is 3.34. The summed E-state index contributed by atoms with van der Waals surface area (Å²) in [4.78, 5) is 4.38. The second-order valence-corrected chi connectivity index (χ2v) is 7.95. The predicted molar refractivity (Wildman–Crippen MR) is 78.1 cm³/mol. The Morgan fingerprint density at radius 1 is 1.42 bits per heavy atom. The number of aromatic nitrogens is 1. The fraction of sp³-hybridized carbons (Fsp3) is 0.583. The van der Waals surface area contributed by atoms with E-state index >= 15 is 0 Å². The van der Waals surface area contributed by atoms with Crippen molar-refractivity contribution in [2.45, 2.75) is 18.8 Å². The van der Waals surface area contributed by atoms with Crippen LogP contribution in [0.4, 0.5) is 0 Å². The summed E-state index contributed by atoms with van der Waals surface area (Å²) < 4.78 is 28.0. The zero-order chi connectivity index (χ0) is 14.0. The fourth-order valence-corrected chi connectivity index (χ4v) is 3.68. The van der Waals surface area contributed by atoms with Crippen LogP contribution in [0.3, 0.4) is 0 Å². The maximum atomic E-state index is 12.1. The highest BCUT2D eigenvalue weighted by molar-refractivity contribution is 9.10. The first kappa shape index (κ1) is 14.9. The van der Waals surface area contributed by atoms with E-state index in [4.69, 9.17) is 0 Å². The van der Waals surface area contributed by atoms with Crippen LogP contribution in [0, 0.1) is 0 Å². The van der Waals surface area contributed by atoms with Crippen LogP contribution in [-0.2, 0) is 10.2 Å². The van der Waals surface area contributed by atoms with Crippen molar-refractivity contribution >= 4 is 26.1 Å². The van der Waals surface area contributed by atoms with Crippen molar-refractivity contribution in [3.8, 4) is 0 Å². The first-order valence-electron chi connectivity index (χ1n) is 6.20. The maximum Gasteiger partial charge on any atom is 0.281 e. The number of rotatable bonds is 3. The highest BCUT2D eigenvalue weighted by Crippen LogP contribution is 2.28. The highest BCUT2D eigenvalue weighted by Gasteiger charge is 2.31. The molecule has 0 aliphatic carbocycles. The number of nitrogens with zero attached hydrogens (tertiary/aromatic N) is 3. The van der Waals surface area contributed by atoms with Crippen LogP contribution < -0.4 is 0 Å². The van der Waals surface area contributed by atoms with Crippen LogP contribution in [0.1, 0.15) is 24.5 Å². The van der Waals surface area contributed by atoms with E-state index in [2.05, 4.69) is 20.9 Å². The smallest absolute Gasteiger partial charge is 0.260 e. The summed E-state index contributed by atoms with van der Waals surface area (Å²) >= 11 is 3.36. The van der Waals surface area contributed by atoms with Crippen molar-refractivity contribution in [2.75, 3.05) is 27.2 Å². The second kappa shape index (κ2) is 5.87. The molecule has 0 amide bonds. The van der Waals surface area contributed by atoms with E-state index in [0.29, 0.717) is 13.1 Å². The molecule has 5 nitrogen and oxygen atoms in total. The Hall–Kier alpha value is -0.500. The van der Waals surface area contributed by atoms with E-state index in [1.165, 1.54) is 4.31 Å². The Kier molecular flexibility index (Phi) is 4.60. The van der Waals surface area contributed by atoms with Gasteiger partial charge in [-0.25, -0.2) is 0 Å². The van der Waals surface area contributed by atoms with Gasteiger partial charge in [-0.15, -0.1) is 0 Å². The molecule has 0 N–H and O–H groups in total. The first-order valence-corrected chi connectivity index (χ1v) is 8.39. The summed E-state index contributed by atoms with van der Waals surface area (Å²) in [5.74, 6) is 0.177. The van der Waals surface area contributed by atoms with Crippen LogP contribution in [-0.4, -0.2) is 49.2 Å². The molecule has 0 spiro atoms. The summed E-state index contributed by atoms with van der Waals surface area (Å²) in [5, 5.41) is 0. The topological polar surface area (TPSA) is 53.5 Å². The lowest BCUT2D eigenvalue weighted by Gasteiger charge is -2.33. The summed E-state index contributed by atoms with van der Waals surface area (Å²) in [6.45, 7) is 1.10. The molecule has 1 aliphatic rings. The fourth-order valence-electron chi connectivity index (χ4n) is 2.25. The molecular formula is C12H18BrN3O2S. The molecule has 0 aromatic carbocycles. The third-order valence-corrected chi connectivity index (χ3v) is 5.72. The summed E-state index contributed by atoms with van der Waals surface area (Å²) in [6, 6.07) is 3.91. The molecule has 2 rings (SSSR count). The number of hydrogen-bond acceptors (Lipinski definition) is 3. The Morgan fingerprint density at radius 3 is 2.74 bits per heavy atom. The minimum Gasteiger partial charge on any atom is -0.260 e. The predicted octanol–water partition coefficient (Wildman–Crippen LogP) is 1.83. The molecule has 106 valence electrons. The Labute approximate surface area is 122 Å². The molecule has 19 heavy (non-hydrogen) atoms. The van der Waals surface area contributed by atoms with Crippen molar-refractivity contribution in [3.05, 3.63) is 28.5 Å².